The summed E-state index contributed by atoms with van der Waals surface area (Å²) in [5.74, 6) is -1.56. The van der Waals surface area contributed by atoms with Crippen molar-refractivity contribution in [1.29, 1.82) is 0 Å². The van der Waals surface area contributed by atoms with Crippen LogP contribution in [0.5, 0.6) is 28.7 Å². The van der Waals surface area contributed by atoms with E-state index in [0.717, 1.165) is 27.6 Å². The molecule has 0 amide bonds. The van der Waals surface area contributed by atoms with E-state index in [4.69, 9.17) is 49.7 Å². The number of aromatic nitrogens is 1. The molecule has 5 aromatic rings. The lowest BCUT2D eigenvalue weighted by Gasteiger charge is -2.43. The SMILES string of the molecule is COc1c(OCO)ccc2c1O[C@H]1c3c(cc(O[C@@H]4O[C@H]([C@H](OC(=O)CC(=O)O)C(N)N)[C@@H](O)[C@H](O)[C@H]4O)cc3-c3c[nH]c4ccccc34)O[C@H](Cc3ccccc3)[C@@H]21. The summed E-state index contributed by atoms with van der Waals surface area (Å²) >= 11 is 0. The molecule has 0 spiro atoms. The average molecular weight is 814 g/mol. The molecule has 0 bridgehead atoms. The van der Waals surface area contributed by atoms with Gasteiger partial charge in [-0.25, -0.2) is 0 Å². The van der Waals surface area contributed by atoms with E-state index in [0.29, 0.717) is 40.5 Å². The van der Waals surface area contributed by atoms with Crippen molar-refractivity contribution in [3.05, 3.63) is 102 Å². The Morgan fingerprint density at radius 3 is 2.41 bits per heavy atom. The van der Waals surface area contributed by atoms with Gasteiger partial charge in [-0.15, -0.1) is 0 Å². The van der Waals surface area contributed by atoms with Gasteiger partial charge in [-0.3, -0.25) is 9.59 Å². The predicted octanol–water partition coefficient (Wildman–Crippen LogP) is 2.21. The van der Waals surface area contributed by atoms with Crippen LogP contribution in [0, 0.1) is 0 Å². The van der Waals surface area contributed by atoms with E-state index in [1.54, 1.807) is 18.2 Å². The number of para-hydroxylation sites is 1. The molecule has 4 aromatic carbocycles. The van der Waals surface area contributed by atoms with Gasteiger partial charge in [0.15, 0.2) is 24.4 Å². The Morgan fingerprint density at radius 2 is 1.68 bits per heavy atom. The number of carbonyl (C=O) groups excluding carboxylic acids is 1. The molecular formula is C42H43N3O14. The van der Waals surface area contributed by atoms with Crippen LogP contribution in [0.1, 0.15) is 35.1 Å². The van der Waals surface area contributed by atoms with Crippen molar-refractivity contribution in [1.82, 2.24) is 4.98 Å². The second-order valence-corrected chi connectivity index (χ2v) is 14.5. The summed E-state index contributed by atoms with van der Waals surface area (Å²) in [6, 6.07) is 24.4. The number of carboxylic acids is 1. The van der Waals surface area contributed by atoms with Crippen molar-refractivity contribution in [3.63, 3.8) is 0 Å². The van der Waals surface area contributed by atoms with E-state index >= 15 is 0 Å². The molecule has 1 saturated heterocycles. The van der Waals surface area contributed by atoms with Crippen LogP contribution in [0.15, 0.2) is 85.1 Å². The summed E-state index contributed by atoms with van der Waals surface area (Å²) < 4.78 is 42.5. The molecule has 3 aliphatic rings. The van der Waals surface area contributed by atoms with E-state index < -0.39 is 80.3 Å². The highest BCUT2D eigenvalue weighted by Crippen LogP contribution is 2.60. The van der Waals surface area contributed by atoms with Gasteiger partial charge in [0, 0.05) is 46.3 Å². The Bertz CT molecular complexity index is 2340. The van der Waals surface area contributed by atoms with Crippen LogP contribution >= 0.6 is 0 Å². The first-order chi connectivity index (χ1) is 28.5. The largest absolute Gasteiger partial charge is 0.490 e. The molecule has 4 heterocycles. The van der Waals surface area contributed by atoms with E-state index in [1.807, 2.05) is 66.9 Å². The molecule has 0 aliphatic carbocycles. The topological polar surface area (TPSA) is 268 Å². The number of aromatic amines is 1. The van der Waals surface area contributed by atoms with Gasteiger partial charge >= 0.3 is 11.9 Å². The van der Waals surface area contributed by atoms with E-state index in [9.17, 15) is 30.0 Å². The van der Waals surface area contributed by atoms with E-state index in [1.165, 1.54) is 7.11 Å². The van der Waals surface area contributed by atoms with E-state index in [2.05, 4.69) is 4.98 Å². The van der Waals surface area contributed by atoms with Crippen molar-refractivity contribution < 1.29 is 68.3 Å². The number of ether oxygens (including phenoxy) is 7. The Labute approximate surface area is 336 Å². The Hall–Kier alpha value is -5.92. The summed E-state index contributed by atoms with van der Waals surface area (Å²) in [4.78, 5) is 26.8. The van der Waals surface area contributed by atoms with Crippen molar-refractivity contribution in [2.24, 2.45) is 11.5 Å². The molecule has 3 aliphatic heterocycles. The maximum absolute atomic E-state index is 12.3. The first-order valence-electron chi connectivity index (χ1n) is 18.8. The Morgan fingerprint density at radius 1 is 0.915 bits per heavy atom. The number of aliphatic hydroxyl groups is 4. The zero-order chi connectivity index (χ0) is 41.5. The minimum absolute atomic E-state index is 0.107. The fourth-order valence-electron chi connectivity index (χ4n) is 8.20. The zero-order valence-electron chi connectivity index (χ0n) is 31.5. The zero-order valence-corrected chi connectivity index (χ0v) is 31.5. The molecule has 17 heteroatoms. The summed E-state index contributed by atoms with van der Waals surface area (Å²) in [7, 11) is 1.49. The molecule has 310 valence electrons. The van der Waals surface area contributed by atoms with Crippen molar-refractivity contribution in [2.45, 2.75) is 73.9 Å². The number of methoxy groups -OCH3 is 1. The third kappa shape index (κ3) is 7.49. The van der Waals surface area contributed by atoms with Gasteiger partial charge in [-0.1, -0.05) is 54.6 Å². The summed E-state index contributed by atoms with van der Waals surface area (Å²) in [6.07, 6.45) is -12.0. The molecule has 59 heavy (non-hydrogen) atoms. The highest BCUT2D eigenvalue weighted by molar-refractivity contribution is 5.97. The monoisotopic (exact) mass is 813 g/mol. The normalized spacial score (nSPS) is 24.9. The number of esters is 1. The lowest BCUT2D eigenvalue weighted by Crippen LogP contribution is -2.66. The number of hydrogen-bond acceptors (Lipinski definition) is 15. The van der Waals surface area contributed by atoms with Crippen LogP contribution in [0.25, 0.3) is 22.0 Å². The molecule has 10 N–H and O–H groups in total. The molecule has 9 atom stereocenters. The number of benzene rings is 4. The lowest BCUT2D eigenvalue weighted by molar-refractivity contribution is -0.291. The number of rotatable bonds is 13. The first-order valence-corrected chi connectivity index (χ1v) is 18.8. The van der Waals surface area contributed by atoms with Gasteiger partial charge in [0.05, 0.1) is 19.2 Å². The number of H-pyrrole nitrogens is 1. The lowest BCUT2D eigenvalue weighted by atomic mass is 9.79. The van der Waals surface area contributed by atoms with Crippen LogP contribution < -0.4 is 35.2 Å². The second-order valence-electron chi connectivity index (χ2n) is 14.5. The molecule has 0 radical (unpaired) electrons. The maximum Gasteiger partial charge on any atom is 0.317 e. The Balaban J connectivity index is 1.24. The quantitative estimate of drug-likeness (QED) is 0.0481. The average Bonchev–Trinajstić information content (AvgIpc) is 3.83. The minimum Gasteiger partial charge on any atom is -0.490 e. The third-order valence-electron chi connectivity index (χ3n) is 10.8. The first kappa shape index (κ1) is 39.9. The predicted molar refractivity (Wildman–Crippen MR) is 207 cm³/mol. The van der Waals surface area contributed by atoms with Crippen LogP contribution in [0.3, 0.4) is 0 Å². The maximum atomic E-state index is 12.3. The van der Waals surface area contributed by atoms with Gasteiger partial charge in [0.1, 0.15) is 54.5 Å². The van der Waals surface area contributed by atoms with Gasteiger partial charge < -0.3 is 75.1 Å². The minimum atomic E-state index is -1.91. The fraction of sp³-hybridized carbons (Fsp3) is 0.333. The molecule has 1 aromatic heterocycles. The van der Waals surface area contributed by atoms with Crippen molar-refractivity contribution in [2.75, 3.05) is 13.9 Å². The van der Waals surface area contributed by atoms with Crippen LogP contribution in [-0.2, 0) is 25.5 Å². The number of aliphatic hydroxyl groups excluding tert-OH is 4. The fourth-order valence-corrected chi connectivity index (χ4v) is 8.20. The number of nitrogens with two attached hydrogens (primary N) is 2. The second kappa shape index (κ2) is 16.4. The van der Waals surface area contributed by atoms with Gasteiger partial charge in [0.25, 0.3) is 0 Å². The smallest absolute Gasteiger partial charge is 0.317 e. The van der Waals surface area contributed by atoms with Crippen molar-refractivity contribution in [3.8, 4) is 39.9 Å². The third-order valence-corrected chi connectivity index (χ3v) is 10.8. The highest BCUT2D eigenvalue weighted by atomic mass is 16.7. The molecule has 0 unspecified atom stereocenters. The number of fused-ring (bicyclic) bond motifs is 6. The summed E-state index contributed by atoms with van der Waals surface area (Å²) in [5.41, 5.74) is 16.5. The number of carboxylic acid groups (broad SMARTS) is 1. The van der Waals surface area contributed by atoms with Crippen LogP contribution in [0.2, 0.25) is 0 Å². The molecule has 17 nitrogen and oxygen atoms in total. The Kier molecular flexibility index (Phi) is 11.1. The number of aliphatic carboxylic acids is 1. The van der Waals surface area contributed by atoms with E-state index in [-0.39, 0.29) is 11.7 Å². The van der Waals surface area contributed by atoms with Gasteiger partial charge in [-0.05, 0) is 29.3 Å². The number of hydrogen-bond donors (Lipinski definition) is 8. The van der Waals surface area contributed by atoms with Gasteiger partial charge in [-0.2, -0.15) is 0 Å². The van der Waals surface area contributed by atoms with Crippen LogP contribution in [0.4, 0.5) is 0 Å². The molecule has 0 saturated carbocycles. The van der Waals surface area contributed by atoms with Crippen LogP contribution in [-0.4, -0.2) is 105 Å². The van der Waals surface area contributed by atoms with Gasteiger partial charge in [0.2, 0.25) is 12.0 Å². The molecular weight excluding hydrogens is 770 g/mol. The number of carbonyl (C=O) groups is 2. The standard InChI is InChI=1S/C42H43N3O14/c1-53-37-26(54-18-46)12-11-22-31-27(13-19-7-3-2-4-8-19)56-28-15-20(14-23(32(28)38(31)58-36(22)37)24-17-45-25-10-6-5-9-21(24)25)55-42-35(52)33(50)34(51)39(59-42)40(41(43)44)57-30(49)16-29(47)48/h2-12,14-15,17,27,31,33-35,38-42,45-46,50-52H,13,16,18,43-44H2,1H3,(H,47,48)/t27-,31-,33+,34+,35-,38-,39+,40+,42-/m1/s1. The highest BCUT2D eigenvalue weighted by Gasteiger charge is 2.52. The molecule has 8 rings (SSSR count). The van der Waals surface area contributed by atoms with Crippen molar-refractivity contribution >= 4 is 22.8 Å². The summed E-state index contributed by atoms with van der Waals surface area (Å²) in [6.45, 7) is -0.580. The molecule has 1 fully saturated rings. The summed E-state index contributed by atoms with van der Waals surface area (Å²) in [5, 5.41) is 52.7. The number of nitrogens with one attached hydrogen (secondary N) is 1.